The van der Waals surface area contributed by atoms with Crippen LogP contribution in [0.2, 0.25) is 0 Å². The average molecular weight is 671 g/mol. The summed E-state index contributed by atoms with van der Waals surface area (Å²) in [5, 5.41) is 7.29. The van der Waals surface area contributed by atoms with Gasteiger partial charge in [0.2, 0.25) is 0 Å². The Balaban J connectivity index is 1.26. The number of hydrogen-bond donors (Lipinski definition) is 0. The molecule has 0 saturated heterocycles. The molecule has 0 amide bonds. The Labute approximate surface area is 302 Å². The van der Waals surface area contributed by atoms with Gasteiger partial charge in [0.15, 0.2) is 0 Å². The lowest BCUT2D eigenvalue weighted by Crippen LogP contribution is -2.11. The molecule has 242 valence electrons. The Bertz CT molecular complexity index is 2570. The molecular weight excluding hydrogens is 637 g/mol. The zero-order chi connectivity index (χ0) is 34.3. The minimum atomic E-state index is 1.08. The van der Waals surface area contributed by atoms with E-state index in [1.807, 2.05) is 23.5 Å². The predicted octanol–water partition coefficient (Wildman–Crippen LogP) is 14.6. The quantitative estimate of drug-likeness (QED) is 0.159. The molecule has 0 fully saturated rings. The third kappa shape index (κ3) is 5.45. The number of thiophene rings is 1. The highest BCUT2D eigenvalue weighted by Crippen LogP contribution is 2.45. The van der Waals surface area contributed by atoms with Crippen molar-refractivity contribution in [2.45, 2.75) is 0 Å². The standard InChI is InChI=1S/C48H34N2S/c1-3-33-13-9-19-37(29-33)49(45-23-11-17-35-15-5-7-21-41(35)45)39-25-27-47-43(31-39)44-32-40(26-28-48(44)51-47)50(38-20-10-14-34(4-2)30-38)46-24-12-18-36-16-6-8-22-42(36)46/h3-32H,1-2H2. The molecule has 0 bridgehead atoms. The molecule has 51 heavy (non-hydrogen) atoms. The molecule has 1 heterocycles. The van der Waals surface area contributed by atoms with Crippen LogP contribution >= 0.6 is 11.3 Å². The molecule has 0 atom stereocenters. The van der Waals surface area contributed by atoms with Gasteiger partial charge in [0.1, 0.15) is 0 Å². The highest BCUT2D eigenvalue weighted by molar-refractivity contribution is 7.25. The Kier molecular flexibility index (Phi) is 7.68. The van der Waals surface area contributed by atoms with Gasteiger partial charge in [0, 0.05) is 53.7 Å². The summed E-state index contributed by atoms with van der Waals surface area (Å²) in [5.74, 6) is 0. The number of nitrogens with zero attached hydrogens (tertiary/aromatic N) is 2. The van der Waals surface area contributed by atoms with Crippen LogP contribution in [0.4, 0.5) is 34.1 Å². The van der Waals surface area contributed by atoms with Crippen LogP contribution < -0.4 is 9.80 Å². The molecule has 0 spiro atoms. The van der Waals surface area contributed by atoms with Crippen LogP contribution in [0.5, 0.6) is 0 Å². The van der Waals surface area contributed by atoms with E-state index in [1.165, 1.54) is 41.7 Å². The normalized spacial score (nSPS) is 11.3. The first-order valence-corrected chi connectivity index (χ1v) is 18.0. The van der Waals surface area contributed by atoms with Crippen molar-refractivity contribution in [3.8, 4) is 0 Å². The van der Waals surface area contributed by atoms with E-state index in [0.29, 0.717) is 0 Å². The van der Waals surface area contributed by atoms with Crippen molar-refractivity contribution in [1.82, 2.24) is 0 Å². The van der Waals surface area contributed by atoms with Crippen molar-refractivity contribution >= 4 is 99.3 Å². The summed E-state index contributed by atoms with van der Waals surface area (Å²) in [6, 6.07) is 61.3. The third-order valence-corrected chi connectivity index (χ3v) is 10.8. The number of hydrogen-bond acceptors (Lipinski definition) is 3. The summed E-state index contributed by atoms with van der Waals surface area (Å²) in [6.45, 7) is 8.12. The minimum Gasteiger partial charge on any atom is -0.310 e. The monoisotopic (exact) mass is 670 g/mol. The lowest BCUT2D eigenvalue weighted by atomic mass is 10.0. The zero-order valence-electron chi connectivity index (χ0n) is 28.0. The molecule has 9 aromatic rings. The average Bonchev–Trinajstić information content (AvgIpc) is 3.56. The van der Waals surface area contributed by atoms with Gasteiger partial charge in [-0.25, -0.2) is 0 Å². The van der Waals surface area contributed by atoms with Gasteiger partial charge in [-0.15, -0.1) is 11.3 Å². The fraction of sp³-hybridized carbons (Fsp3) is 0. The van der Waals surface area contributed by atoms with Crippen LogP contribution in [0.25, 0.3) is 53.9 Å². The molecule has 0 N–H and O–H groups in total. The number of anilines is 6. The van der Waals surface area contributed by atoms with E-state index in [-0.39, 0.29) is 0 Å². The summed E-state index contributed by atoms with van der Waals surface area (Å²) in [7, 11) is 0. The smallest absolute Gasteiger partial charge is 0.0540 e. The SMILES string of the molecule is C=Cc1cccc(N(c2ccc3sc4ccc(N(c5cccc(C=C)c5)c5cccc6ccccc56)cc4c3c2)c2cccc3ccccc23)c1. The highest BCUT2D eigenvalue weighted by atomic mass is 32.1. The Morgan fingerprint density at radius 3 is 1.25 bits per heavy atom. The second kappa shape index (κ2) is 12.8. The fourth-order valence-electron chi connectivity index (χ4n) is 7.27. The van der Waals surface area contributed by atoms with Crippen LogP contribution in [0.3, 0.4) is 0 Å². The van der Waals surface area contributed by atoms with Gasteiger partial charge in [-0.05, 0) is 94.7 Å². The van der Waals surface area contributed by atoms with Crippen molar-refractivity contribution in [3.63, 3.8) is 0 Å². The lowest BCUT2D eigenvalue weighted by Gasteiger charge is -2.28. The van der Waals surface area contributed by atoms with Crippen LogP contribution in [0.15, 0.2) is 183 Å². The van der Waals surface area contributed by atoms with Gasteiger partial charge >= 0.3 is 0 Å². The van der Waals surface area contributed by atoms with Crippen molar-refractivity contribution < 1.29 is 0 Å². The molecule has 2 nitrogen and oxygen atoms in total. The summed E-state index contributed by atoms with van der Waals surface area (Å²) in [4.78, 5) is 4.76. The molecule has 1 aromatic heterocycles. The first-order valence-electron chi connectivity index (χ1n) is 17.2. The van der Waals surface area contributed by atoms with Crippen molar-refractivity contribution in [3.05, 3.63) is 194 Å². The Morgan fingerprint density at radius 1 is 0.373 bits per heavy atom. The van der Waals surface area contributed by atoms with Gasteiger partial charge in [-0.2, -0.15) is 0 Å². The van der Waals surface area contributed by atoms with E-state index in [4.69, 9.17) is 0 Å². The van der Waals surface area contributed by atoms with Crippen LogP contribution in [0, 0.1) is 0 Å². The maximum absolute atomic E-state index is 4.06. The molecule has 0 aliphatic carbocycles. The molecule has 0 saturated carbocycles. The molecule has 0 aliphatic heterocycles. The van der Waals surface area contributed by atoms with Gasteiger partial charge < -0.3 is 9.80 Å². The fourth-order valence-corrected chi connectivity index (χ4v) is 8.34. The second-order valence-corrected chi connectivity index (χ2v) is 13.8. The van der Waals surface area contributed by atoms with E-state index in [2.05, 4.69) is 193 Å². The topological polar surface area (TPSA) is 6.48 Å². The summed E-state index contributed by atoms with van der Waals surface area (Å²) < 4.78 is 2.52. The van der Waals surface area contributed by atoms with E-state index in [9.17, 15) is 0 Å². The number of benzene rings is 8. The van der Waals surface area contributed by atoms with Crippen LogP contribution in [-0.2, 0) is 0 Å². The van der Waals surface area contributed by atoms with E-state index in [1.54, 1.807) is 0 Å². The summed E-state index contributed by atoms with van der Waals surface area (Å²) >= 11 is 1.84. The van der Waals surface area contributed by atoms with Gasteiger partial charge in [0.25, 0.3) is 0 Å². The molecule has 0 radical (unpaired) electrons. The summed E-state index contributed by atoms with van der Waals surface area (Å²) in [5.41, 5.74) is 8.83. The molecule has 9 rings (SSSR count). The largest absolute Gasteiger partial charge is 0.310 e. The maximum atomic E-state index is 4.06. The molecule has 3 heteroatoms. The van der Waals surface area contributed by atoms with Crippen LogP contribution in [-0.4, -0.2) is 0 Å². The Hall–Kier alpha value is -6.42. The van der Waals surface area contributed by atoms with Crippen molar-refractivity contribution in [1.29, 1.82) is 0 Å². The first kappa shape index (κ1) is 30.6. The third-order valence-electron chi connectivity index (χ3n) is 9.70. The zero-order valence-corrected chi connectivity index (χ0v) is 28.9. The van der Waals surface area contributed by atoms with Gasteiger partial charge in [0.05, 0.1) is 11.4 Å². The van der Waals surface area contributed by atoms with Crippen LogP contribution in [0.1, 0.15) is 11.1 Å². The van der Waals surface area contributed by atoms with E-state index >= 15 is 0 Å². The molecule has 8 aromatic carbocycles. The minimum absolute atomic E-state index is 1.08. The van der Waals surface area contributed by atoms with Gasteiger partial charge in [-0.1, -0.05) is 122 Å². The maximum Gasteiger partial charge on any atom is 0.0540 e. The Morgan fingerprint density at radius 2 is 0.784 bits per heavy atom. The van der Waals surface area contributed by atoms with E-state index in [0.717, 1.165) is 45.3 Å². The number of rotatable bonds is 8. The highest BCUT2D eigenvalue weighted by Gasteiger charge is 2.20. The second-order valence-electron chi connectivity index (χ2n) is 12.7. The van der Waals surface area contributed by atoms with Crippen molar-refractivity contribution in [2.75, 3.05) is 9.80 Å². The molecule has 0 aliphatic rings. The summed E-state index contributed by atoms with van der Waals surface area (Å²) in [6.07, 6.45) is 3.82. The van der Waals surface area contributed by atoms with Gasteiger partial charge in [-0.3, -0.25) is 0 Å². The van der Waals surface area contributed by atoms with E-state index < -0.39 is 0 Å². The van der Waals surface area contributed by atoms with Crippen molar-refractivity contribution in [2.24, 2.45) is 0 Å². The predicted molar refractivity (Wildman–Crippen MR) is 224 cm³/mol. The first-order chi connectivity index (χ1) is 25.2. The lowest BCUT2D eigenvalue weighted by molar-refractivity contribution is 1.30. The molecule has 0 unspecified atom stereocenters. The number of fused-ring (bicyclic) bond motifs is 5. The molecular formula is C48H34N2S.